The number of hydrogen-bond donors (Lipinski definition) is 1. The van der Waals surface area contributed by atoms with Crippen LogP contribution in [0.1, 0.15) is 57.1 Å². The van der Waals surface area contributed by atoms with Crippen molar-refractivity contribution in [3.63, 3.8) is 0 Å². The van der Waals surface area contributed by atoms with Crippen LogP contribution in [0.5, 0.6) is 0 Å². The Bertz CT molecular complexity index is 1170. The highest BCUT2D eigenvalue weighted by molar-refractivity contribution is 5.80. The summed E-state index contributed by atoms with van der Waals surface area (Å²) in [5.41, 5.74) is -5.98. The van der Waals surface area contributed by atoms with E-state index in [0.29, 0.717) is 55.6 Å². The van der Waals surface area contributed by atoms with Gasteiger partial charge < -0.3 is 14.9 Å². The normalized spacial score (nSPS) is 23.1. The molecule has 0 saturated carbocycles. The van der Waals surface area contributed by atoms with Gasteiger partial charge in [-0.2, -0.15) is 26.3 Å². The smallest absolute Gasteiger partial charge is 0.369 e. The van der Waals surface area contributed by atoms with Crippen LogP contribution in [-0.4, -0.2) is 65.3 Å². The lowest BCUT2D eigenvalue weighted by molar-refractivity contribution is -0.376. The highest BCUT2D eigenvalue weighted by Crippen LogP contribution is 2.53. The number of rotatable bonds is 7. The molecule has 2 amide bonds. The van der Waals surface area contributed by atoms with Crippen molar-refractivity contribution in [2.75, 3.05) is 26.2 Å². The first-order valence-electron chi connectivity index (χ1n) is 13.5. The molecular formula is C30H36F6N2O3. The Morgan fingerprint density at radius 1 is 1.02 bits per heavy atom. The van der Waals surface area contributed by atoms with E-state index in [1.807, 2.05) is 19.9 Å². The number of benzene rings is 1. The predicted octanol–water partition coefficient (Wildman–Crippen LogP) is 6.27. The molecule has 1 aromatic carbocycles. The van der Waals surface area contributed by atoms with Crippen LogP contribution in [0.4, 0.5) is 26.3 Å². The van der Waals surface area contributed by atoms with Crippen molar-refractivity contribution in [3.8, 4) is 0 Å². The fourth-order valence-corrected chi connectivity index (χ4v) is 6.01. The summed E-state index contributed by atoms with van der Waals surface area (Å²) in [5.74, 6) is -0.936. The fourth-order valence-electron chi connectivity index (χ4n) is 6.01. The van der Waals surface area contributed by atoms with Gasteiger partial charge in [0, 0.05) is 55.9 Å². The average molecular weight is 587 g/mol. The molecule has 0 aliphatic carbocycles. The van der Waals surface area contributed by atoms with Crippen LogP contribution in [0.2, 0.25) is 0 Å². The number of allylic oxidation sites excluding steroid dienone is 4. The van der Waals surface area contributed by atoms with E-state index in [2.05, 4.69) is 6.58 Å². The third-order valence-corrected chi connectivity index (χ3v) is 8.57. The minimum absolute atomic E-state index is 0.0576. The van der Waals surface area contributed by atoms with Gasteiger partial charge in [0.2, 0.25) is 11.8 Å². The molecule has 2 atom stereocenters. The van der Waals surface area contributed by atoms with Crippen molar-refractivity contribution in [1.82, 2.24) is 9.80 Å². The standard InChI is InChI=1S/C30H36F6N2O3/c1-5-7-8-9-20(3)27(6-2)19-38(26(40)23-14-16-37(17-15-23)21(4)39)18-25(27)22-10-12-24(13-11-22)28(41,29(31,32)33)30(34,35)36/h5,7-13,23,25,41H,3,6,14-19H2,1-2,4H3/b7-5-,9-8-/t25-,27+/m0/s1. The number of piperidine rings is 1. The van der Waals surface area contributed by atoms with Crippen molar-refractivity contribution in [2.45, 2.75) is 63.9 Å². The number of carbonyl (C=O) groups is 2. The average Bonchev–Trinajstić information content (AvgIpc) is 3.32. The van der Waals surface area contributed by atoms with Gasteiger partial charge in [-0.05, 0) is 37.3 Å². The molecular weight excluding hydrogens is 550 g/mol. The highest BCUT2D eigenvalue weighted by atomic mass is 19.4. The van der Waals surface area contributed by atoms with E-state index in [4.69, 9.17) is 0 Å². The SMILES string of the molecule is C=C(/C=C\C=C/C)[C@@]1(CC)CN(C(=O)C2CCN(C(C)=O)CC2)C[C@H]1c1ccc(C(O)(C(F)(F)F)C(F)(F)F)cc1. The fraction of sp³-hybridized carbons (Fsp3) is 0.533. The van der Waals surface area contributed by atoms with E-state index in [1.165, 1.54) is 6.92 Å². The van der Waals surface area contributed by atoms with Crippen LogP contribution in [0.3, 0.4) is 0 Å². The van der Waals surface area contributed by atoms with Gasteiger partial charge in [-0.25, -0.2) is 0 Å². The zero-order valence-corrected chi connectivity index (χ0v) is 23.4. The number of nitrogens with zero attached hydrogens (tertiary/aromatic N) is 2. The van der Waals surface area contributed by atoms with Gasteiger partial charge in [-0.1, -0.05) is 62.1 Å². The lowest BCUT2D eigenvalue weighted by Gasteiger charge is -2.36. The Kier molecular flexibility index (Phi) is 9.52. The third-order valence-electron chi connectivity index (χ3n) is 8.57. The maximum absolute atomic E-state index is 13.6. The van der Waals surface area contributed by atoms with Crippen LogP contribution in [0.15, 0.2) is 60.7 Å². The topological polar surface area (TPSA) is 60.9 Å². The largest absolute Gasteiger partial charge is 0.430 e. The minimum atomic E-state index is -5.99. The van der Waals surface area contributed by atoms with Gasteiger partial charge in [-0.15, -0.1) is 0 Å². The van der Waals surface area contributed by atoms with Crippen LogP contribution in [-0.2, 0) is 15.2 Å². The van der Waals surface area contributed by atoms with Crippen LogP contribution < -0.4 is 0 Å². The van der Waals surface area contributed by atoms with Crippen molar-refractivity contribution >= 4 is 11.8 Å². The van der Waals surface area contributed by atoms with E-state index < -0.39 is 34.8 Å². The number of carbonyl (C=O) groups excluding carboxylic acids is 2. The summed E-state index contributed by atoms with van der Waals surface area (Å²) in [6.07, 6.45) is -3.26. The number of amides is 2. The first-order chi connectivity index (χ1) is 19.0. The van der Waals surface area contributed by atoms with Gasteiger partial charge in [0.1, 0.15) is 0 Å². The lowest BCUT2D eigenvalue weighted by Crippen LogP contribution is -2.53. The molecule has 1 aromatic rings. The number of halogens is 6. The van der Waals surface area contributed by atoms with Crippen molar-refractivity contribution in [3.05, 3.63) is 71.8 Å². The zero-order valence-electron chi connectivity index (χ0n) is 23.4. The summed E-state index contributed by atoms with van der Waals surface area (Å²) >= 11 is 0. The number of likely N-dealkylation sites (tertiary alicyclic amines) is 2. The molecule has 226 valence electrons. The van der Waals surface area contributed by atoms with E-state index >= 15 is 0 Å². The summed E-state index contributed by atoms with van der Waals surface area (Å²) < 4.78 is 80.7. The molecule has 2 aliphatic rings. The molecule has 2 saturated heterocycles. The van der Waals surface area contributed by atoms with Gasteiger partial charge in [-0.3, -0.25) is 9.59 Å². The van der Waals surface area contributed by atoms with Gasteiger partial charge in [0.25, 0.3) is 5.60 Å². The first kappa shape index (κ1) is 32.4. The number of hydrogen-bond acceptors (Lipinski definition) is 3. The zero-order chi connectivity index (χ0) is 30.8. The lowest BCUT2D eigenvalue weighted by atomic mass is 9.68. The van der Waals surface area contributed by atoms with Gasteiger partial charge in [0.05, 0.1) is 0 Å². The van der Waals surface area contributed by atoms with Crippen LogP contribution in [0.25, 0.3) is 0 Å². The molecule has 11 heteroatoms. The molecule has 0 spiro atoms. The van der Waals surface area contributed by atoms with Crippen LogP contribution >= 0.6 is 0 Å². The Labute approximate surface area is 236 Å². The molecule has 0 bridgehead atoms. The van der Waals surface area contributed by atoms with Crippen molar-refractivity contribution < 1.29 is 41.0 Å². The Hall–Kier alpha value is -3.08. The number of alkyl halides is 6. The molecule has 2 aliphatic heterocycles. The maximum atomic E-state index is 13.6. The molecule has 1 N–H and O–H groups in total. The van der Waals surface area contributed by atoms with Gasteiger partial charge in [0.15, 0.2) is 0 Å². The Balaban J connectivity index is 1.99. The predicted molar refractivity (Wildman–Crippen MR) is 143 cm³/mol. The maximum Gasteiger partial charge on any atom is 0.430 e. The van der Waals surface area contributed by atoms with Crippen molar-refractivity contribution in [2.24, 2.45) is 11.3 Å². The Morgan fingerprint density at radius 2 is 1.59 bits per heavy atom. The highest BCUT2D eigenvalue weighted by Gasteiger charge is 2.71. The second kappa shape index (κ2) is 12.0. The molecule has 3 rings (SSSR count). The summed E-state index contributed by atoms with van der Waals surface area (Å²) in [6, 6.07) is 3.62. The molecule has 2 fully saturated rings. The van der Waals surface area contributed by atoms with E-state index in [1.54, 1.807) is 28.0 Å². The Morgan fingerprint density at radius 3 is 2.05 bits per heavy atom. The number of aliphatic hydroxyl groups is 1. The summed E-state index contributed by atoms with van der Waals surface area (Å²) in [5, 5.41) is 9.82. The summed E-state index contributed by atoms with van der Waals surface area (Å²) in [7, 11) is 0. The quantitative estimate of drug-likeness (QED) is 0.303. The molecule has 0 aromatic heterocycles. The summed E-state index contributed by atoms with van der Waals surface area (Å²) in [6.45, 7) is 10.9. The van der Waals surface area contributed by atoms with Gasteiger partial charge >= 0.3 is 12.4 Å². The minimum Gasteiger partial charge on any atom is -0.369 e. The third kappa shape index (κ3) is 6.10. The monoisotopic (exact) mass is 586 g/mol. The molecule has 5 nitrogen and oxygen atoms in total. The van der Waals surface area contributed by atoms with E-state index in [-0.39, 0.29) is 30.8 Å². The summed E-state index contributed by atoms with van der Waals surface area (Å²) in [4.78, 5) is 28.7. The van der Waals surface area contributed by atoms with Crippen LogP contribution in [0, 0.1) is 11.3 Å². The van der Waals surface area contributed by atoms with E-state index in [0.717, 1.165) is 12.1 Å². The molecule has 2 heterocycles. The molecule has 0 unspecified atom stereocenters. The second-order valence-corrected chi connectivity index (χ2v) is 10.8. The first-order valence-corrected chi connectivity index (χ1v) is 13.5. The van der Waals surface area contributed by atoms with Crippen molar-refractivity contribution in [1.29, 1.82) is 0 Å². The molecule has 0 radical (unpaired) electrons. The molecule has 41 heavy (non-hydrogen) atoms. The van der Waals surface area contributed by atoms with E-state index in [9.17, 15) is 41.0 Å². The second-order valence-electron chi connectivity index (χ2n) is 10.8.